The first kappa shape index (κ1) is 23.4. The smallest absolute Gasteiger partial charge is 0.253 e. The minimum atomic E-state index is -0.687. The van der Waals surface area contributed by atoms with E-state index < -0.39 is 6.04 Å². The summed E-state index contributed by atoms with van der Waals surface area (Å²) in [6.07, 6.45) is 4.63. The molecule has 0 radical (unpaired) electrons. The second-order valence-corrected chi connectivity index (χ2v) is 8.64. The third-order valence-corrected chi connectivity index (χ3v) is 5.89. The van der Waals surface area contributed by atoms with Gasteiger partial charge in [0.25, 0.3) is 5.91 Å². The van der Waals surface area contributed by atoms with Gasteiger partial charge in [0.1, 0.15) is 18.4 Å². The Kier molecular flexibility index (Phi) is 9.06. The number of hydrogen-bond acceptors (Lipinski definition) is 5. The summed E-state index contributed by atoms with van der Waals surface area (Å²) in [4.78, 5) is 25.6. The van der Waals surface area contributed by atoms with Gasteiger partial charge >= 0.3 is 0 Å². The molecule has 2 aromatic rings. The molecule has 1 saturated heterocycles. The highest BCUT2D eigenvalue weighted by molar-refractivity contribution is 7.98. The number of rotatable bonds is 10. The highest BCUT2D eigenvalue weighted by atomic mass is 35.5. The number of hydrogen-bond donors (Lipinski definition) is 2. The Balaban J connectivity index is 1.62. The number of amides is 2. The predicted octanol–water partition coefficient (Wildman–Crippen LogP) is 4.39. The summed E-state index contributed by atoms with van der Waals surface area (Å²) in [6.45, 7) is 1.27. The van der Waals surface area contributed by atoms with Gasteiger partial charge in [0, 0.05) is 18.4 Å². The van der Waals surface area contributed by atoms with Gasteiger partial charge in [-0.1, -0.05) is 29.8 Å². The molecule has 166 valence electrons. The van der Waals surface area contributed by atoms with Crippen LogP contribution in [0.3, 0.4) is 0 Å². The Bertz CT molecular complexity index is 889. The van der Waals surface area contributed by atoms with Crippen LogP contribution >= 0.6 is 23.4 Å². The second kappa shape index (κ2) is 12.0. The third kappa shape index (κ3) is 7.16. The van der Waals surface area contributed by atoms with Gasteiger partial charge in [0.15, 0.2) is 0 Å². The zero-order chi connectivity index (χ0) is 22.1. The number of benzene rings is 2. The normalized spacial score (nSPS) is 16.5. The van der Waals surface area contributed by atoms with Crippen LogP contribution in [-0.2, 0) is 9.53 Å². The largest absolute Gasteiger partial charge is 0.491 e. The van der Waals surface area contributed by atoms with E-state index in [-0.39, 0.29) is 17.9 Å². The van der Waals surface area contributed by atoms with E-state index in [2.05, 4.69) is 10.6 Å². The first-order valence-electron chi connectivity index (χ1n) is 10.3. The van der Waals surface area contributed by atoms with Gasteiger partial charge in [0.2, 0.25) is 5.91 Å². The Morgan fingerprint density at radius 3 is 2.84 bits per heavy atom. The molecule has 31 heavy (non-hydrogen) atoms. The quantitative estimate of drug-likeness (QED) is 0.547. The minimum absolute atomic E-state index is 0.120. The standard InChI is InChI=1S/C23H27ClN2O4S/c1-31-13-11-21(26-22(27)19-9-2-3-10-20(19)24)23(28)25-16-6-4-7-17(14-16)30-15-18-8-5-12-29-18/h2-4,6-7,9-10,14,18,21H,5,8,11-13,15H2,1H3,(H,25,28)(H,26,27)/t18-,21+/m0/s1. The summed E-state index contributed by atoms with van der Waals surface area (Å²) in [7, 11) is 0. The Hall–Kier alpha value is -2.22. The van der Waals surface area contributed by atoms with E-state index in [1.54, 1.807) is 48.2 Å². The van der Waals surface area contributed by atoms with Crippen molar-refractivity contribution in [1.29, 1.82) is 0 Å². The number of anilines is 1. The molecule has 1 fully saturated rings. The van der Waals surface area contributed by atoms with E-state index in [1.165, 1.54) is 0 Å². The predicted molar refractivity (Wildman–Crippen MR) is 125 cm³/mol. The van der Waals surface area contributed by atoms with Crippen LogP contribution in [-0.4, -0.2) is 49.2 Å². The molecule has 0 spiro atoms. The molecule has 0 unspecified atom stereocenters. The van der Waals surface area contributed by atoms with Crippen LogP contribution in [0.5, 0.6) is 5.75 Å². The minimum Gasteiger partial charge on any atom is -0.491 e. The lowest BCUT2D eigenvalue weighted by Gasteiger charge is -2.19. The van der Waals surface area contributed by atoms with Crippen molar-refractivity contribution >= 4 is 40.9 Å². The van der Waals surface area contributed by atoms with Crippen LogP contribution in [0, 0.1) is 0 Å². The van der Waals surface area contributed by atoms with E-state index in [4.69, 9.17) is 21.1 Å². The van der Waals surface area contributed by atoms with E-state index in [0.29, 0.717) is 35.1 Å². The topological polar surface area (TPSA) is 76.7 Å². The molecule has 1 heterocycles. The van der Waals surface area contributed by atoms with Crippen molar-refractivity contribution in [1.82, 2.24) is 5.32 Å². The van der Waals surface area contributed by atoms with Gasteiger partial charge in [0.05, 0.1) is 16.7 Å². The fraction of sp³-hybridized carbons (Fsp3) is 0.391. The van der Waals surface area contributed by atoms with Crippen LogP contribution in [0.25, 0.3) is 0 Å². The average molecular weight is 463 g/mol. The maximum atomic E-state index is 12.9. The Morgan fingerprint density at radius 2 is 2.10 bits per heavy atom. The van der Waals surface area contributed by atoms with Crippen LogP contribution < -0.4 is 15.4 Å². The third-order valence-electron chi connectivity index (χ3n) is 4.91. The summed E-state index contributed by atoms with van der Waals surface area (Å²) in [6, 6.07) is 13.3. The number of halogens is 1. The summed E-state index contributed by atoms with van der Waals surface area (Å²) in [5, 5.41) is 6.04. The molecular formula is C23H27ClN2O4S. The zero-order valence-electron chi connectivity index (χ0n) is 17.4. The van der Waals surface area contributed by atoms with Crippen LogP contribution in [0.1, 0.15) is 29.6 Å². The van der Waals surface area contributed by atoms with Crippen molar-refractivity contribution < 1.29 is 19.1 Å². The molecule has 3 rings (SSSR count). The lowest BCUT2D eigenvalue weighted by atomic mass is 10.1. The zero-order valence-corrected chi connectivity index (χ0v) is 19.0. The van der Waals surface area contributed by atoms with Crippen molar-refractivity contribution in [2.24, 2.45) is 0 Å². The number of nitrogens with one attached hydrogen (secondary N) is 2. The summed E-state index contributed by atoms with van der Waals surface area (Å²) in [5.41, 5.74) is 0.951. The molecule has 2 atom stereocenters. The van der Waals surface area contributed by atoms with E-state index in [0.717, 1.165) is 25.2 Å². The monoisotopic (exact) mass is 462 g/mol. The average Bonchev–Trinajstić information content (AvgIpc) is 3.29. The highest BCUT2D eigenvalue weighted by Crippen LogP contribution is 2.20. The maximum absolute atomic E-state index is 12.9. The number of thioether (sulfide) groups is 1. The summed E-state index contributed by atoms with van der Waals surface area (Å²) in [5.74, 6) is 0.728. The fourth-order valence-corrected chi connectivity index (χ4v) is 3.94. The lowest BCUT2D eigenvalue weighted by Crippen LogP contribution is -2.44. The van der Waals surface area contributed by atoms with Crippen molar-refractivity contribution in [2.75, 3.05) is 30.5 Å². The van der Waals surface area contributed by atoms with Gasteiger partial charge in [-0.05, 0) is 55.5 Å². The first-order chi connectivity index (χ1) is 15.1. The van der Waals surface area contributed by atoms with Gasteiger partial charge in [-0.3, -0.25) is 9.59 Å². The molecule has 0 saturated carbocycles. The van der Waals surface area contributed by atoms with Crippen molar-refractivity contribution in [3.63, 3.8) is 0 Å². The molecule has 2 amide bonds. The molecule has 1 aliphatic heterocycles. The van der Waals surface area contributed by atoms with Gasteiger partial charge < -0.3 is 20.1 Å². The lowest BCUT2D eigenvalue weighted by molar-refractivity contribution is -0.118. The van der Waals surface area contributed by atoms with Crippen molar-refractivity contribution in [3.05, 3.63) is 59.1 Å². The molecular weight excluding hydrogens is 436 g/mol. The van der Waals surface area contributed by atoms with Gasteiger partial charge in [-0.15, -0.1) is 0 Å². The molecule has 0 aromatic heterocycles. The van der Waals surface area contributed by atoms with Crippen molar-refractivity contribution in [3.8, 4) is 5.75 Å². The van der Waals surface area contributed by atoms with E-state index >= 15 is 0 Å². The van der Waals surface area contributed by atoms with Crippen LogP contribution in [0.2, 0.25) is 5.02 Å². The Labute approximate surface area is 192 Å². The van der Waals surface area contributed by atoms with Gasteiger partial charge in [-0.25, -0.2) is 0 Å². The number of carbonyl (C=O) groups is 2. The summed E-state index contributed by atoms with van der Waals surface area (Å²) < 4.78 is 11.4. The van der Waals surface area contributed by atoms with Crippen LogP contribution in [0.4, 0.5) is 5.69 Å². The van der Waals surface area contributed by atoms with Crippen molar-refractivity contribution in [2.45, 2.75) is 31.4 Å². The SMILES string of the molecule is CSCC[C@@H](NC(=O)c1ccccc1Cl)C(=O)Nc1cccc(OC[C@@H]2CCCO2)c1. The molecule has 0 bridgehead atoms. The molecule has 2 aromatic carbocycles. The van der Waals surface area contributed by atoms with Crippen LogP contribution in [0.15, 0.2) is 48.5 Å². The fourth-order valence-electron chi connectivity index (χ4n) is 3.24. The number of ether oxygens (including phenoxy) is 2. The first-order valence-corrected chi connectivity index (χ1v) is 12.0. The molecule has 6 nitrogen and oxygen atoms in total. The van der Waals surface area contributed by atoms with E-state index in [1.807, 2.05) is 18.4 Å². The molecule has 0 aliphatic carbocycles. The van der Waals surface area contributed by atoms with Gasteiger partial charge in [-0.2, -0.15) is 11.8 Å². The highest BCUT2D eigenvalue weighted by Gasteiger charge is 2.22. The summed E-state index contributed by atoms with van der Waals surface area (Å²) >= 11 is 7.73. The Morgan fingerprint density at radius 1 is 1.26 bits per heavy atom. The second-order valence-electron chi connectivity index (χ2n) is 7.25. The molecule has 1 aliphatic rings. The molecule has 8 heteroatoms. The number of carbonyl (C=O) groups excluding carboxylic acids is 2. The van der Waals surface area contributed by atoms with E-state index in [9.17, 15) is 9.59 Å². The maximum Gasteiger partial charge on any atom is 0.253 e. The molecule has 2 N–H and O–H groups in total.